The van der Waals surface area contributed by atoms with E-state index in [4.69, 9.17) is 34.8 Å². The summed E-state index contributed by atoms with van der Waals surface area (Å²) in [7, 11) is -8.35. The maximum atomic E-state index is 12.1. The number of aryl methyl sites for hydroxylation is 4. The Morgan fingerprint density at radius 1 is 0.410 bits per heavy atom. The molecule has 83 heavy (non-hydrogen) atoms. The molecule has 4 heterocycles. The molecule has 8 rings (SSSR count). The molecule has 0 radical (unpaired) electrons. The summed E-state index contributed by atoms with van der Waals surface area (Å²) in [6, 6.07) is 25.8. The fourth-order valence-electron chi connectivity index (χ4n) is 6.24. The lowest BCUT2D eigenvalue weighted by Crippen LogP contribution is -2.16. The molecule has 4 N–H and O–H groups in total. The van der Waals surface area contributed by atoms with Gasteiger partial charge in [0.15, 0.2) is 9.84 Å². The lowest BCUT2D eigenvalue weighted by Gasteiger charge is -2.09. The molecule has 20 nitrogen and oxygen atoms in total. The summed E-state index contributed by atoms with van der Waals surface area (Å²) < 4.78 is 80.0. The zero-order valence-corrected chi connectivity index (χ0v) is 54.9. The van der Waals surface area contributed by atoms with Crippen LogP contribution in [0.1, 0.15) is 108 Å². The van der Waals surface area contributed by atoms with Gasteiger partial charge in [-0.1, -0.05) is 134 Å². The molecule has 0 saturated heterocycles. The number of hydrogen-bond acceptors (Lipinski definition) is 12. The Kier molecular flexibility index (Phi) is 34.4. The van der Waals surface area contributed by atoms with Crippen molar-refractivity contribution >= 4 is 64.9 Å². The number of benzene rings is 4. The second-order valence-electron chi connectivity index (χ2n) is 16.3. The molecule has 0 aliphatic carbocycles. The van der Waals surface area contributed by atoms with E-state index in [-0.39, 0.29) is 55.2 Å². The van der Waals surface area contributed by atoms with Crippen LogP contribution in [0.15, 0.2) is 120 Å². The number of H-pyrrole nitrogens is 4. The summed E-state index contributed by atoms with van der Waals surface area (Å²) in [6.45, 7) is 30.3. The molecule has 4 aromatic heterocycles. The van der Waals surface area contributed by atoms with Crippen LogP contribution in [0.5, 0.6) is 0 Å². The first-order chi connectivity index (χ1) is 38.4. The van der Waals surface area contributed by atoms with E-state index in [0.29, 0.717) is 33.2 Å². The molecule has 0 atom stereocenters. The zero-order valence-electron chi connectivity index (χ0n) is 50.2. The van der Waals surface area contributed by atoms with Crippen molar-refractivity contribution in [1.82, 2.24) is 39.1 Å². The third kappa shape index (κ3) is 21.9. The van der Waals surface area contributed by atoms with Crippen LogP contribution in [0, 0.1) is 55.4 Å². The quantitative estimate of drug-likeness (QED) is 0.103. The van der Waals surface area contributed by atoms with Gasteiger partial charge >= 0.3 is 0 Å². The molecule has 0 amide bonds. The second-order valence-corrected chi connectivity index (χ2v) is 23.0. The van der Waals surface area contributed by atoms with Gasteiger partial charge in [0.05, 0.1) is 63.2 Å². The van der Waals surface area contributed by atoms with Gasteiger partial charge in [-0.15, -0.1) is 0 Å². The summed E-state index contributed by atoms with van der Waals surface area (Å²) in [6.07, 6.45) is 2.10. The molecule has 0 saturated carbocycles. The van der Waals surface area contributed by atoms with Crippen molar-refractivity contribution in [2.24, 2.45) is 0 Å². The van der Waals surface area contributed by atoms with Gasteiger partial charge in [0.1, 0.15) is 4.90 Å². The number of aromatic nitrogens is 8. The van der Waals surface area contributed by atoms with E-state index in [0.717, 1.165) is 66.7 Å². The van der Waals surface area contributed by atoms with Gasteiger partial charge in [-0.05, 0) is 110 Å². The monoisotopic (exact) mass is 1270 g/mol. The predicted octanol–water partition coefficient (Wildman–Crippen LogP) is 12.2. The minimum absolute atomic E-state index is 0. The van der Waals surface area contributed by atoms with Crippen LogP contribution in [0.2, 0.25) is 15.1 Å². The standard InChI is InChI=1S/C12H12Cl2N2O4S.C12H13ClN2O3S.2C11H12N2O.C2H6O3S.4C2H6.CH4/c1-6-7(2)15-16(12(6)17)10-4-9(14)11(5-8(10)13)21(18,19)20-3;1-7-8(2)14-15(12(7)16)11-6-9(19(3,17)18)4-5-10(11)13;2*1-8-9(2)12-13(11(8)14)10-6-4-3-5-7-10;1-5-6(2,3)4;4*1-2;/h4-5,15H,1-3H3;4-6,14H,1-3H3;2*3-7,12H,1-2H3;1-2H3;4*1-2H3;1H4. The Morgan fingerprint density at radius 3 is 0.976 bits per heavy atom. The Labute approximate surface area is 504 Å². The van der Waals surface area contributed by atoms with Gasteiger partial charge in [-0.25, -0.2) is 27.1 Å². The average Bonchev–Trinajstić information content (AvgIpc) is 4.35. The molecule has 8 aromatic rings. The van der Waals surface area contributed by atoms with E-state index in [1.54, 1.807) is 37.1 Å². The van der Waals surface area contributed by atoms with E-state index < -0.39 is 30.1 Å². The van der Waals surface area contributed by atoms with Crippen LogP contribution >= 0.6 is 34.8 Å². The third-order valence-corrected chi connectivity index (χ3v) is 15.2. The minimum Gasteiger partial charge on any atom is -0.295 e. The van der Waals surface area contributed by atoms with Gasteiger partial charge in [-0.3, -0.25) is 47.9 Å². The van der Waals surface area contributed by atoms with Crippen molar-refractivity contribution in [3.63, 3.8) is 0 Å². The molecule has 0 bridgehead atoms. The first-order valence-electron chi connectivity index (χ1n) is 25.7. The molecule has 0 aliphatic heterocycles. The summed E-state index contributed by atoms with van der Waals surface area (Å²) in [5, 5.41) is 12.1. The number of aromatic amines is 4. The molecule has 0 fully saturated rings. The van der Waals surface area contributed by atoms with Crippen molar-refractivity contribution in [1.29, 1.82) is 0 Å². The number of halogens is 3. The molecular weight excluding hydrogens is 1190 g/mol. The maximum Gasteiger partial charge on any atom is 0.298 e. The van der Waals surface area contributed by atoms with E-state index in [1.807, 2.05) is 144 Å². The molecule has 0 spiro atoms. The predicted molar refractivity (Wildman–Crippen MR) is 340 cm³/mol. The lowest BCUT2D eigenvalue weighted by molar-refractivity contribution is 0.397. The number of nitrogens with one attached hydrogen (secondary N) is 4. The summed E-state index contributed by atoms with van der Waals surface area (Å²) in [5.74, 6) is 0. The fourth-order valence-corrected chi connectivity index (χ4v) is 8.58. The SMILES string of the molecule is C.CC.CC.CC.CC.COS(=O)(=O)c1cc(Cl)c(-n2[nH]c(C)c(C)c2=O)cc1Cl.COS(C)(=O)=O.Cc1[nH]n(-c2cc(S(C)(=O)=O)ccc2Cl)c(=O)c1C.Cc1[nH]n(-c2ccccc2)c(=O)c1C.Cc1[nH]n(-c2ccccc2)c(=O)c1C. The van der Waals surface area contributed by atoms with Crippen molar-refractivity contribution in [3.05, 3.63) is 193 Å². The smallest absolute Gasteiger partial charge is 0.295 e. The highest BCUT2D eigenvalue weighted by atomic mass is 35.5. The van der Waals surface area contributed by atoms with E-state index in [2.05, 4.69) is 28.8 Å². The molecule has 0 aliphatic rings. The summed E-state index contributed by atoms with van der Waals surface area (Å²) in [4.78, 5) is 47.4. The average molecular weight is 1270 g/mol. The van der Waals surface area contributed by atoms with E-state index in [9.17, 15) is 44.4 Å². The third-order valence-electron chi connectivity index (χ3n) is 11.1. The molecule has 462 valence electrons. The van der Waals surface area contributed by atoms with Crippen molar-refractivity contribution in [2.45, 2.75) is 128 Å². The van der Waals surface area contributed by atoms with Crippen LogP contribution in [-0.4, -0.2) is 91.1 Å². The summed E-state index contributed by atoms with van der Waals surface area (Å²) >= 11 is 18.1. The first-order valence-corrected chi connectivity index (χ1v) is 31.9. The van der Waals surface area contributed by atoms with Crippen molar-refractivity contribution in [2.75, 3.05) is 26.7 Å². The van der Waals surface area contributed by atoms with Crippen molar-refractivity contribution in [3.8, 4) is 22.7 Å². The van der Waals surface area contributed by atoms with E-state index >= 15 is 0 Å². The lowest BCUT2D eigenvalue weighted by atomic mass is 10.3. The van der Waals surface area contributed by atoms with Crippen LogP contribution in [0.3, 0.4) is 0 Å². The number of hydrogen-bond donors (Lipinski definition) is 4. The number of sulfone groups is 1. The van der Waals surface area contributed by atoms with Crippen LogP contribution in [-0.2, 0) is 38.4 Å². The van der Waals surface area contributed by atoms with Gasteiger partial charge in [-0.2, -0.15) is 16.8 Å². The Morgan fingerprint density at radius 2 is 0.711 bits per heavy atom. The van der Waals surface area contributed by atoms with Crippen molar-refractivity contribution < 1.29 is 33.6 Å². The van der Waals surface area contributed by atoms with Crippen LogP contribution in [0.25, 0.3) is 22.7 Å². The highest BCUT2D eigenvalue weighted by Crippen LogP contribution is 2.31. The van der Waals surface area contributed by atoms with Crippen LogP contribution < -0.4 is 22.2 Å². The first kappa shape index (κ1) is 78.6. The zero-order chi connectivity index (χ0) is 63.8. The number of para-hydroxylation sites is 2. The normalized spacial score (nSPS) is 10.3. The maximum absolute atomic E-state index is 12.1. The van der Waals surface area contributed by atoms with Crippen LogP contribution in [0.4, 0.5) is 0 Å². The topological polar surface area (TPSA) is 272 Å². The van der Waals surface area contributed by atoms with Gasteiger partial charge in [0.25, 0.3) is 42.5 Å². The number of rotatable bonds is 8. The largest absolute Gasteiger partial charge is 0.298 e. The minimum atomic E-state index is -3.98. The molecule has 4 aromatic carbocycles. The van der Waals surface area contributed by atoms with Gasteiger partial charge in [0, 0.05) is 51.3 Å². The Hall–Kier alpha value is -6.44. The van der Waals surface area contributed by atoms with Gasteiger partial charge in [0.2, 0.25) is 0 Å². The highest BCUT2D eigenvalue weighted by Gasteiger charge is 2.22. The Bertz CT molecular complexity index is 3800. The summed E-state index contributed by atoms with van der Waals surface area (Å²) in [5.41, 5.74) is 7.72. The highest BCUT2D eigenvalue weighted by molar-refractivity contribution is 7.90. The second kappa shape index (κ2) is 36.3. The molecule has 26 heteroatoms. The van der Waals surface area contributed by atoms with Gasteiger partial charge < -0.3 is 0 Å². The number of nitrogens with zero attached hydrogens (tertiary/aromatic N) is 4. The molecule has 0 unspecified atom stereocenters. The molecular formula is C57H83Cl3N8O12S3. The Balaban J connectivity index is 0. The fraction of sp³-hybridized carbons (Fsp3) is 0.368. The van der Waals surface area contributed by atoms with E-state index in [1.165, 1.54) is 33.6 Å².